The first-order chi connectivity index (χ1) is 12.7. The Kier molecular flexibility index (Phi) is 3.45. The first-order valence-electron chi connectivity index (χ1n) is 8.81. The van der Waals surface area contributed by atoms with Crippen LogP contribution in [0.25, 0.3) is 21.9 Å². The second-order valence-electron chi connectivity index (χ2n) is 6.81. The molecule has 0 heterocycles. The van der Waals surface area contributed by atoms with Gasteiger partial charge in [-0.3, -0.25) is 0 Å². The normalized spacial score (nSPS) is 14.9. The van der Waals surface area contributed by atoms with Crippen LogP contribution in [0, 0.1) is 0 Å². The summed E-state index contributed by atoms with van der Waals surface area (Å²) < 4.78 is 0. The van der Waals surface area contributed by atoms with Crippen molar-refractivity contribution >= 4 is 23.4 Å². The van der Waals surface area contributed by atoms with Crippen LogP contribution in [0.5, 0.6) is 0 Å². The van der Waals surface area contributed by atoms with E-state index in [2.05, 4.69) is 60.7 Å². The lowest BCUT2D eigenvalue weighted by Gasteiger charge is -2.15. The molecule has 0 saturated heterocycles. The van der Waals surface area contributed by atoms with Crippen LogP contribution in [-0.4, -0.2) is 17.2 Å². The van der Waals surface area contributed by atoms with Crippen LogP contribution in [0.1, 0.15) is 22.6 Å². The van der Waals surface area contributed by atoms with Gasteiger partial charge in [-0.1, -0.05) is 84.9 Å². The number of fused-ring (bicyclic) bond motifs is 5. The third-order valence-electron chi connectivity index (χ3n) is 5.36. The molecule has 0 saturated carbocycles. The van der Waals surface area contributed by atoms with Gasteiger partial charge >= 0.3 is 7.12 Å². The molecule has 5 rings (SSSR count). The Morgan fingerprint density at radius 2 is 1.42 bits per heavy atom. The average molecular weight is 336 g/mol. The molecule has 3 heteroatoms. The lowest BCUT2D eigenvalue weighted by Crippen LogP contribution is -2.29. The van der Waals surface area contributed by atoms with Crippen LogP contribution in [0.15, 0.2) is 84.9 Å². The van der Waals surface area contributed by atoms with E-state index in [0.717, 1.165) is 10.8 Å². The number of benzene rings is 4. The summed E-state index contributed by atoms with van der Waals surface area (Å²) in [7, 11) is -1.46. The quantitative estimate of drug-likeness (QED) is 0.483. The SMILES string of the molecule is OB(O)c1ccc2ccc3c(c2c1)-c1ccccc1C3c1ccccc1. The summed E-state index contributed by atoms with van der Waals surface area (Å²) in [4.78, 5) is 0. The third kappa shape index (κ3) is 2.22. The Morgan fingerprint density at radius 3 is 2.23 bits per heavy atom. The van der Waals surface area contributed by atoms with E-state index in [9.17, 15) is 10.0 Å². The maximum atomic E-state index is 9.61. The first kappa shape index (κ1) is 15.4. The van der Waals surface area contributed by atoms with Crippen LogP contribution >= 0.6 is 0 Å². The van der Waals surface area contributed by atoms with Gasteiger partial charge in [0.15, 0.2) is 0 Å². The molecular weight excluding hydrogens is 319 g/mol. The molecule has 4 aromatic carbocycles. The maximum absolute atomic E-state index is 9.61. The molecule has 0 aromatic heterocycles. The number of rotatable bonds is 2. The van der Waals surface area contributed by atoms with Crippen molar-refractivity contribution in [3.63, 3.8) is 0 Å². The molecule has 1 atom stereocenters. The van der Waals surface area contributed by atoms with Gasteiger partial charge in [-0.2, -0.15) is 0 Å². The summed E-state index contributed by atoms with van der Waals surface area (Å²) in [6.07, 6.45) is 0. The largest absolute Gasteiger partial charge is 0.488 e. The minimum Gasteiger partial charge on any atom is -0.423 e. The molecule has 1 aliphatic rings. The number of hydrogen-bond donors (Lipinski definition) is 2. The van der Waals surface area contributed by atoms with E-state index in [1.54, 1.807) is 6.07 Å². The van der Waals surface area contributed by atoms with Crippen molar-refractivity contribution in [2.75, 3.05) is 0 Å². The highest BCUT2D eigenvalue weighted by Gasteiger charge is 2.31. The van der Waals surface area contributed by atoms with Gasteiger partial charge in [0.05, 0.1) is 0 Å². The molecule has 1 unspecified atom stereocenters. The maximum Gasteiger partial charge on any atom is 0.488 e. The summed E-state index contributed by atoms with van der Waals surface area (Å²) in [6.45, 7) is 0. The molecule has 2 N–H and O–H groups in total. The van der Waals surface area contributed by atoms with Crippen molar-refractivity contribution in [1.29, 1.82) is 0 Å². The molecule has 0 spiro atoms. The zero-order chi connectivity index (χ0) is 17.7. The van der Waals surface area contributed by atoms with E-state index in [0.29, 0.717) is 5.46 Å². The van der Waals surface area contributed by atoms with Crippen molar-refractivity contribution in [3.8, 4) is 11.1 Å². The molecule has 2 nitrogen and oxygen atoms in total. The minimum atomic E-state index is -1.46. The fourth-order valence-electron chi connectivity index (χ4n) is 4.20. The molecule has 26 heavy (non-hydrogen) atoms. The van der Waals surface area contributed by atoms with E-state index in [1.165, 1.54) is 27.8 Å². The second kappa shape index (κ2) is 5.84. The van der Waals surface area contributed by atoms with Crippen LogP contribution < -0.4 is 5.46 Å². The summed E-state index contributed by atoms with van der Waals surface area (Å²) in [6, 6.07) is 29.1. The molecule has 0 bridgehead atoms. The third-order valence-corrected chi connectivity index (χ3v) is 5.36. The van der Waals surface area contributed by atoms with Gasteiger partial charge in [-0.05, 0) is 44.1 Å². The highest BCUT2D eigenvalue weighted by atomic mass is 16.4. The van der Waals surface area contributed by atoms with Crippen molar-refractivity contribution in [3.05, 3.63) is 102 Å². The lowest BCUT2D eigenvalue weighted by molar-refractivity contribution is 0.426. The zero-order valence-corrected chi connectivity index (χ0v) is 14.1. The summed E-state index contributed by atoms with van der Waals surface area (Å²) in [5, 5.41) is 21.4. The van der Waals surface area contributed by atoms with Crippen molar-refractivity contribution in [2.24, 2.45) is 0 Å². The van der Waals surface area contributed by atoms with Gasteiger partial charge < -0.3 is 10.0 Å². The van der Waals surface area contributed by atoms with E-state index in [4.69, 9.17) is 0 Å². The summed E-state index contributed by atoms with van der Waals surface area (Å²) >= 11 is 0. The molecule has 0 fully saturated rings. The lowest BCUT2D eigenvalue weighted by atomic mass is 9.78. The molecule has 4 aromatic rings. The van der Waals surface area contributed by atoms with Gasteiger partial charge in [0.25, 0.3) is 0 Å². The van der Waals surface area contributed by atoms with Gasteiger partial charge in [0, 0.05) is 5.92 Å². The predicted molar refractivity (Wildman–Crippen MR) is 107 cm³/mol. The van der Waals surface area contributed by atoms with E-state index in [-0.39, 0.29) is 5.92 Å². The Hall–Kier alpha value is -2.88. The molecular formula is C23H17BO2. The smallest absolute Gasteiger partial charge is 0.423 e. The molecule has 0 aliphatic heterocycles. The molecule has 124 valence electrons. The van der Waals surface area contributed by atoms with Gasteiger partial charge in [-0.15, -0.1) is 0 Å². The molecule has 0 radical (unpaired) electrons. The minimum absolute atomic E-state index is 0.203. The predicted octanol–water partition coefficient (Wildman–Crippen LogP) is 3.68. The molecule has 1 aliphatic carbocycles. The Bertz CT molecular complexity index is 1120. The first-order valence-corrected chi connectivity index (χ1v) is 8.81. The zero-order valence-electron chi connectivity index (χ0n) is 14.1. The highest BCUT2D eigenvalue weighted by Crippen LogP contribution is 2.50. The van der Waals surface area contributed by atoms with Crippen LogP contribution in [0.4, 0.5) is 0 Å². The van der Waals surface area contributed by atoms with Gasteiger partial charge in [0.1, 0.15) is 0 Å². The molecule has 0 amide bonds. The summed E-state index contributed by atoms with van der Waals surface area (Å²) in [5.41, 5.74) is 6.80. The van der Waals surface area contributed by atoms with Crippen molar-refractivity contribution < 1.29 is 10.0 Å². The van der Waals surface area contributed by atoms with Gasteiger partial charge in [-0.25, -0.2) is 0 Å². The monoisotopic (exact) mass is 336 g/mol. The Morgan fingerprint density at radius 1 is 0.692 bits per heavy atom. The second-order valence-corrected chi connectivity index (χ2v) is 6.81. The standard InChI is InChI=1S/C23H17BO2/c25-24(26)17-12-10-15-11-13-20-22(16-6-2-1-3-7-16)18-8-4-5-9-19(18)23(20)21(15)14-17/h1-14,22,25-26H. The van der Waals surface area contributed by atoms with Gasteiger partial charge in [0.2, 0.25) is 0 Å². The average Bonchev–Trinajstić information content (AvgIpc) is 3.03. The Balaban J connectivity index is 1.85. The van der Waals surface area contributed by atoms with Crippen LogP contribution in [0.2, 0.25) is 0 Å². The highest BCUT2D eigenvalue weighted by molar-refractivity contribution is 6.59. The van der Waals surface area contributed by atoms with Crippen molar-refractivity contribution in [1.82, 2.24) is 0 Å². The van der Waals surface area contributed by atoms with E-state index >= 15 is 0 Å². The van der Waals surface area contributed by atoms with E-state index in [1.807, 2.05) is 18.2 Å². The fraction of sp³-hybridized carbons (Fsp3) is 0.0435. The van der Waals surface area contributed by atoms with E-state index < -0.39 is 7.12 Å². The number of hydrogen-bond acceptors (Lipinski definition) is 2. The Labute approximate surface area is 152 Å². The summed E-state index contributed by atoms with van der Waals surface area (Å²) in [5.74, 6) is 0.203. The topological polar surface area (TPSA) is 40.5 Å². The van der Waals surface area contributed by atoms with Crippen molar-refractivity contribution in [2.45, 2.75) is 5.92 Å². The van der Waals surface area contributed by atoms with Crippen LogP contribution in [0.3, 0.4) is 0 Å². The fourth-order valence-corrected chi connectivity index (χ4v) is 4.20. The van der Waals surface area contributed by atoms with Crippen LogP contribution in [-0.2, 0) is 0 Å².